The van der Waals surface area contributed by atoms with E-state index in [4.69, 9.17) is 0 Å². The van der Waals surface area contributed by atoms with Gasteiger partial charge in [0.2, 0.25) is 0 Å². The standard InChI is InChI=1S/Au.NO2.H2O3S/c;2-1-3;1-4(2)3/h;;(H2,1,2,3)/q+1;;/p-2. The normalized spacial score (nSPS) is 13.6. The van der Waals surface area contributed by atoms with E-state index in [1.165, 1.54) is 0 Å². The fourth-order valence-corrected chi connectivity index (χ4v) is 0.901. The Balaban J connectivity index is 3.18. The molecule has 0 saturated heterocycles. The first-order valence-electron chi connectivity index (χ1n) is 1.12. The molecular weight excluding hydrogens is 323 g/mol. The van der Waals surface area contributed by atoms with Crippen LogP contribution in [0.15, 0.2) is 0 Å². The topological polar surface area (TPSA) is 92.5 Å². The Kier molecular flexibility index (Phi) is 4.23. The first-order valence-corrected chi connectivity index (χ1v) is 3.98. The van der Waals surface area contributed by atoms with Crippen molar-refractivity contribution in [3.05, 3.63) is 10.1 Å². The maximum atomic E-state index is 9.40. The summed E-state index contributed by atoms with van der Waals surface area (Å²) in [6, 6.07) is 0. The second-order valence-electron chi connectivity index (χ2n) is 0.494. The van der Waals surface area contributed by atoms with Crippen LogP contribution < -0.4 is 0 Å². The molecule has 0 aromatic heterocycles. The molecule has 0 aliphatic carbocycles. The summed E-state index contributed by atoms with van der Waals surface area (Å²) in [5, 5.41) is 9.35. The third-order valence-electron chi connectivity index (χ3n) is 0.108. The molecule has 0 rings (SSSR count). The number of hydrogen-bond acceptors (Lipinski definition) is 5. The molecule has 53 valence electrons. The van der Waals surface area contributed by atoms with Crippen LogP contribution in [0.2, 0.25) is 0 Å². The molecule has 0 radical (unpaired) electrons. The number of nitro groups is 1. The average Bonchev–Trinajstić information content (AvgIpc) is 1.61. The summed E-state index contributed by atoms with van der Waals surface area (Å²) >= 11 is -4.50. The van der Waals surface area contributed by atoms with Crippen molar-refractivity contribution >= 4 is 11.4 Å². The molecule has 6 nitrogen and oxygen atoms in total. The summed E-state index contributed by atoms with van der Waals surface area (Å²) in [4.78, 5) is 9.35. The monoisotopic (exact) mass is 323 g/mol. The van der Waals surface area contributed by atoms with E-state index >= 15 is 0 Å². The average molecular weight is 323 g/mol. The Morgan fingerprint density at radius 3 is 2.38 bits per heavy atom. The van der Waals surface area contributed by atoms with E-state index < -0.39 is 35.1 Å². The first-order chi connectivity index (χ1) is 3.63. The van der Waals surface area contributed by atoms with Crippen LogP contribution in [0.3, 0.4) is 0 Å². The predicted molar refractivity (Wildman–Crippen MR) is 17.0 cm³/mol. The van der Waals surface area contributed by atoms with E-state index in [9.17, 15) is 18.9 Å². The van der Waals surface area contributed by atoms with E-state index in [1.807, 2.05) is 0 Å². The van der Waals surface area contributed by atoms with Crippen LogP contribution in [-0.4, -0.2) is 12.1 Å². The van der Waals surface area contributed by atoms with Crippen molar-refractivity contribution in [1.29, 1.82) is 0 Å². The van der Waals surface area contributed by atoms with Gasteiger partial charge in [-0.25, -0.2) is 0 Å². The summed E-state index contributed by atoms with van der Waals surface area (Å²) in [6.45, 7) is 0. The Morgan fingerprint density at radius 2 is 2.25 bits per heavy atom. The van der Waals surface area contributed by atoms with Gasteiger partial charge in [-0.2, -0.15) is 0 Å². The van der Waals surface area contributed by atoms with Crippen molar-refractivity contribution in [3.8, 4) is 0 Å². The fourth-order valence-electron chi connectivity index (χ4n) is 0.0367. The maximum absolute atomic E-state index is 9.40. The molecule has 8 heteroatoms. The van der Waals surface area contributed by atoms with Crippen LogP contribution in [-0.2, 0) is 34.5 Å². The molecule has 0 aliphatic heterocycles. The molecule has 0 amide bonds. The quantitative estimate of drug-likeness (QED) is 0.287. The zero-order chi connectivity index (χ0) is 6.57. The molecule has 8 heavy (non-hydrogen) atoms. The van der Waals surface area contributed by atoms with E-state index in [-0.39, 0.29) is 0 Å². The van der Waals surface area contributed by atoms with E-state index in [1.54, 1.807) is 0 Å². The molecule has 1 unspecified atom stereocenters. The first kappa shape index (κ1) is 8.21. The van der Waals surface area contributed by atoms with Crippen LogP contribution in [0.4, 0.5) is 0 Å². The van der Waals surface area contributed by atoms with Gasteiger partial charge in [0.25, 0.3) is 0 Å². The zero-order valence-electron chi connectivity index (χ0n) is 3.20. The molecule has 0 aliphatic rings. The van der Waals surface area contributed by atoms with Gasteiger partial charge >= 0.3 is 56.7 Å². The predicted octanol–water partition coefficient (Wildman–Crippen LogP) is -1.01. The fraction of sp³-hybridized carbons (Fsp3) is 0. The molecule has 0 heterocycles. The van der Waals surface area contributed by atoms with Gasteiger partial charge < -0.3 is 0 Å². The van der Waals surface area contributed by atoms with Crippen molar-refractivity contribution in [2.75, 3.05) is 0 Å². The molecule has 0 aromatic carbocycles. The zero-order valence-corrected chi connectivity index (χ0v) is 6.18. The minimum atomic E-state index is -2.73. The molecule has 0 N–H and O–H groups in total. The van der Waals surface area contributed by atoms with Crippen molar-refractivity contribution in [3.63, 3.8) is 0 Å². The van der Waals surface area contributed by atoms with Crippen LogP contribution >= 0.6 is 0 Å². The second-order valence-corrected chi connectivity index (χ2v) is 3.27. The van der Waals surface area contributed by atoms with Gasteiger partial charge in [0.15, 0.2) is 0 Å². The summed E-state index contributed by atoms with van der Waals surface area (Å²) in [6.07, 6.45) is 0. The summed E-state index contributed by atoms with van der Waals surface area (Å²) < 4.78 is 21.6. The van der Waals surface area contributed by atoms with Crippen molar-refractivity contribution in [1.82, 2.24) is 0 Å². The van der Waals surface area contributed by atoms with Crippen LogP contribution in [0, 0.1) is 10.1 Å². The van der Waals surface area contributed by atoms with Crippen molar-refractivity contribution in [2.24, 2.45) is 0 Å². The Labute approximate surface area is 57.0 Å². The molecule has 0 spiro atoms. The Morgan fingerprint density at radius 1 is 1.75 bits per heavy atom. The van der Waals surface area contributed by atoms with Gasteiger partial charge in [-0.15, -0.1) is 0 Å². The molecular formula is AuNO5S-. The molecule has 0 aromatic rings. The van der Waals surface area contributed by atoms with Crippen molar-refractivity contribution in [2.45, 2.75) is 0 Å². The van der Waals surface area contributed by atoms with E-state index in [0.29, 0.717) is 0 Å². The minimum absolute atomic E-state index is 0.796. The van der Waals surface area contributed by atoms with Crippen LogP contribution in [0.5, 0.6) is 0 Å². The third-order valence-corrected chi connectivity index (χ3v) is 1.93. The van der Waals surface area contributed by atoms with Gasteiger partial charge in [-0.3, -0.25) is 0 Å². The van der Waals surface area contributed by atoms with Crippen LogP contribution in [0.1, 0.15) is 0 Å². The SMILES string of the molecule is O=[N+]([O-])[Au][O]S(=O)[O-]. The summed E-state index contributed by atoms with van der Waals surface area (Å²) in [5.41, 5.74) is 0. The third kappa shape index (κ3) is 6.21. The van der Waals surface area contributed by atoms with E-state index in [2.05, 4.69) is 2.69 Å². The van der Waals surface area contributed by atoms with Gasteiger partial charge in [0.05, 0.1) is 0 Å². The van der Waals surface area contributed by atoms with E-state index in [0.717, 1.165) is 0 Å². The van der Waals surface area contributed by atoms with Gasteiger partial charge in [0.1, 0.15) is 0 Å². The van der Waals surface area contributed by atoms with Gasteiger partial charge in [0, 0.05) is 0 Å². The van der Waals surface area contributed by atoms with Crippen molar-refractivity contribution < 1.29 is 35.2 Å². The van der Waals surface area contributed by atoms with Gasteiger partial charge in [-0.1, -0.05) is 0 Å². The molecule has 0 fully saturated rings. The summed E-state index contributed by atoms with van der Waals surface area (Å²) in [7, 11) is 0. The Hall–Kier alpha value is 0.210. The number of rotatable bonds is 3. The molecule has 0 bridgehead atoms. The molecule has 0 saturated carbocycles. The summed E-state index contributed by atoms with van der Waals surface area (Å²) in [5.74, 6) is 0. The Bertz CT molecular complexity index is 97.0. The van der Waals surface area contributed by atoms with Crippen LogP contribution in [0.25, 0.3) is 0 Å². The second kappa shape index (κ2) is 4.13. The molecule has 1 atom stereocenters. The number of hydrogen-bond donors (Lipinski definition) is 0. The van der Waals surface area contributed by atoms with Gasteiger partial charge in [-0.05, 0) is 0 Å². The number of nitrogens with zero attached hydrogens (tertiary/aromatic N) is 1.